The number of nitrogens with zero attached hydrogens (tertiary/aromatic N) is 1. The van der Waals surface area contributed by atoms with Crippen LogP contribution in [0.5, 0.6) is 0 Å². The highest BCUT2D eigenvalue weighted by molar-refractivity contribution is 14.1. The normalized spacial score (nSPS) is 10.4. The van der Waals surface area contributed by atoms with E-state index < -0.39 is 0 Å². The second-order valence-corrected chi connectivity index (χ2v) is 4.86. The Kier molecular flexibility index (Phi) is 2.83. The van der Waals surface area contributed by atoms with Crippen molar-refractivity contribution in [2.24, 2.45) is 0 Å². The predicted octanol–water partition coefficient (Wildman–Crippen LogP) is 3.41. The fraction of sp³-hybridized carbons (Fsp3) is 0. The molecule has 0 radical (unpaired) electrons. The predicted molar refractivity (Wildman–Crippen MR) is 67.5 cm³/mol. The molecule has 0 atom stereocenters. The van der Waals surface area contributed by atoms with Crippen LogP contribution >= 0.6 is 38.5 Å². The third kappa shape index (κ3) is 1.81. The Morgan fingerprint density at radius 1 is 1.29 bits per heavy atom. The molecule has 0 fully saturated rings. The third-order valence-corrected chi connectivity index (χ3v) is 4.19. The molecule has 2 aromatic rings. The quantitative estimate of drug-likeness (QED) is 0.575. The summed E-state index contributed by atoms with van der Waals surface area (Å²) in [6.45, 7) is 0. The summed E-state index contributed by atoms with van der Waals surface area (Å²) < 4.78 is 2.17. The van der Waals surface area contributed by atoms with Gasteiger partial charge < -0.3 is 0 Å². The van der Waals surface area contributed by atoms with Crippen molar-refractivity contribution in [3.63, 3.8) is 0 Å². The number of hydrogen-bond donors (Lipinski definition) is 0. The first-order valence-corrected chi connectivity index (χ1v) is 5.78. The Hall–Kier alpha value is -0.490. The number of carbonyl (C=O) groups is 1. The van der Waals surface area contributed by atoms with Gasteiger partial charge in [0.05, 0.1) is 0 Å². The fourth-order valence-corrected chi connectivity index (χ4v) is 2.07. The van der Waals surface area contributed by atoms with Crippen LogP contribution in [0.2, 0.25) is 0 Å². The highest BCUT2D eigenvalue weighted by Gasteiger charge is 2.01. The lowest BCUT2D eigenvalue weighted by molar-refractivity contribution is 0.111. The average Bonchev–Trinajstić information content (AvgIpc) is 2.19. The Morgan fingerprint density at radius 2 is 2.07 bits per heavy atom. The van der Waals surface area contributed by atoms with Crippen LogP contribution in [0, 0.1) is 3.57 Å². The smallest absolute Gasteiger partial charge is 0.168 e. The van der Waals surface area contributed by atoms with Crippen LogP contribution in [0.1, 0.15) is 10.5 Å². The summed E-state index contributed by atoms with van der Waals surface area (Å²) in [4.78, 5) is 14.5. The molecule has 14 heavy (non-hydrogen) atoms. The zero-order valence-electron chi connectivity index (χ0n) is 7.00. The Labute approximate surface area is 103 Å². The van der Waals surface area contributed by atoms with E-state index in [0.717, 1.165) is 25.1 Å². The van der Waals surface area contributed by atoms with Crippen molar-refractivity contribution in [2.75, 3.05) is 0 Å². The minimum atomic E-state index is 0.468. The summed E-state index contributed by atoms with van der Waals surface area (Å²) in [7, 11) is 0. The molecule has 4 heteroatoms. The molecule has 0 saturated heterocycles. The monoisotopic (exact) mass is 361 g/mol. The van der Waals surface area contributed by atoms with E-state index in [9.17, 15) is 4.79 Å². The second kappa shape index (κ2) is 3.94. The lowest BCUT2D eigenvalue weighted by atomic mass is 10.1. The molecule has 1 aromatic carbocycles. The first kappa shape index (κ1) is 10.0. The zero-order chi connectivity index (χ0) is 10.1. The Bertz CT molecular complexity index is 513. The minimum Gasteiger partial charge on any atom is -0.296 e. The molecule has 0 amide bonds. The van der Waals surface area contributed by atoms with Crippen LogP contribution in [-0.2, 0) is 0 Å². The van der Waals surface area contributed by atoms with Gasteiger partial charge in [-0.25, -0.2) is 0 Å². The highest BCUT2D eigenvalue weighted by atomic mass is 127. The largest absolute Gasteiger partial charge is 0.296 e. The van der Waals surface area contributed by atoms with E-state index in [0.29, 0.717) is 5.69 Å². The van der Waals surface area contributed by atoms with Crippen molar-refractivity contribution in [3.05, 3.63) is 38.1 Å². The maximum atomic E-state index is 10.5. The molecule has 1 aromatic heterocycles. The molecule has 2 rings (SSSR count). The zero-order valence-corrected chi connectivity index (χ0v) is 10.7. The van der Waals surface area contributed by atoms with Crippen molar-refractivity contribution in [3.8, 4) is 0 Å². The van der Waals surface area contributed by atoms with Crippen LogP contribution in [0.4, 0.5) is 0 Å². The number of rotatable bonds is 1. The molecule has 1 heterocycles. The molecule has 0 N–H and O–H groups in total. The van der Waals surface area contributed by atoms with Gasteiger partial charge in [-0.05, 0) is 62.1 Å². The number of halogens is 2. The van der Waals surface area contributed by atoms with Gasteiger partial charge in [-0.15, -0.1) is 0 Å². The first-order chi connectivity index (χ1) is 6.70. The van der Waals surface area contributed by atoms with Gasteiger partial charge in [0, 0.05) is 19.6 Å². The molecule has 0 aliphatic rings. The van der Waals surface area contributed by atoms with Gasteiger partial charge >= 0.3 is 0 Å². The Morgan fingerprint density at radius 3 is 2.79 bits per heavy atom. The van der Waals surface area contributed by atoms with Crippen LogP contribution in [0.3, 0.4) is 0 Å². The van der Waals surface area contributed by atoms with E-state index in [1.54, 1.807) is 12.3 Å². The maximum absolute atomic E-state index is 10.5. The summed E-state index contributed by atoms with van der Waals surface area (Å²) in [5.41, 5.74) is 0.468. The van der Waals surface area contributed by atoms with E-state index in [2.05, 4.69) is 43.5 Å². The summed E-state index contributed by atoms with van der Waals surface area (Å²) in [5.74, 6) is 0. The third-order valence-electron chi connectivity index (χ3n) is 1.90. The fourth-order valence-electron chi connectivity index (χ4n) is 1.22. The van der Waals surface area contributed by atoms with Gasteiger partial charge in [0.2, 0.25) is 0 Å². The Balaban J connectivity index is 2.76. The van der Waals surface area contributed by atoms with Crippen molar-refractivity contribution >= 4 is 55.6 Å². The molecule has 0 saturated carbocycles. The second-order valence-electron chi connectivity index (χ2n) is 2.84. The number of aldehydes is 1. The summed E-state index contributed by atoms with van der Waals surface area (Å²) in [5, 5.41) is 2.07. The van der Waals surface area contributed by atoms with Crippen LogP contribution in [0.25, 0.3) is 10.8 Å². The number of benzene rings is 1. The molecule has 0 aliphatic carbocycles. The van der Waals surface area contributed by atoms with Gasteiger partial charge in [-0.2, -0.15) is 0 Å². The van der Waals surface area contributed by atoms with E-state index in [1.165, 1.54) is 0 Å². The molecule has 2 nitrogen and oxygen atoms in total. The maximum Gasteiger partial charge on any atom is 0.168 e. The van der Waals surface area contributed by atoms with E-state index in [-0.39, 0.29) is 0 Å². The topological polar surface area (TPSA) is 30.0 Å². The summed E-state index contributed by atoms with van der Waals surface area (Å²) in [6, 6.07) is 5.81. The SMILES string of the molecule is O=Cc1cc2cc(I)c(Br)cc2cn1. The minimum absolute atomic E-state index is 0.468. The van der Waals surface area contributed by atoms with E-state index >= 15 is 0 Å². The van der Waals surface area contributed by atoms with Gasteiger partial charge in [-0.3, -0.25) is 9.78 Å². The van der Waals surface area contributed by atoms with Crippen LogP contribution in [-0.4, -0.2) is 11.3 Å². The standard InChI is InChI=1S/C10H5BrINO/c11-9-2-7-4-13-8(5-14)1-6(7)3-10(9)12/h1-5H. The van der Waals surface area contributed by atoms with Crippen molar-refractivity contribution in [1.82, 2.24) is 4.98 Å². The first-order valence-electron chi connectivity index (χ1n) is 3.90. The average molecular weight is 362 g/mol. The van der Waals surface area contributed by atoms with Gasteiger partial charge in [0.25, 0.3) is 0 Å². The molecule has 70 valence electrons. The van der Waals surface area contributed by atoms with Crippen molar-refractivity contribution < 1.29 is 4.79 Å². The molecular weight excluding hydrogens is 357 g/mol. The molecule has 0 spiro atoms. The molecule has 0 aliphatic heterocycles. The number of aromatic nitrogens is 1. The lowest BCUT2D eigenvalue weighted by Crippen LogP contribution is -1.87. The molecule has 0 unspecified atom stereocenters. The van der Waals surface area contributed by atoms with Gasteiger partial charge in [0.15, 0.2) is 6.29 Å². The summed E-state index contributed by atoms with van der Waals surface area (Å²) >= 11 is 5.69. The summed E-state index contributed by atoms with van der Waals surface area (Å²) in [6.07, 6.45) is 2.47. The number of fused-ring (bicyclic) bond motifs is 1. The van der Waals surface area contributed by atoms with Crippen molar-refractivity contribution in [2.45, 2.75) is 0 Å². The number of hydrogen-bond acceptors (Lipinski definition) is 2. The van der Waals surface area contributed by atoms with Gasteiger partial charge in [-0.1, -0.05) is 0 Å². The van der Waals surface area contributed by atoms with E-state index in [1.807, 2.05) is 12.1 Å². The number of pyridine rings is 1. The van der Waals surface area contributed by atoms with E-state index in [4.69, 9.17) is 0 Å². The lowest BCUT2D eigenvalue weighted by Gasteiger charge is -2.01. The van der Waals surface area contributed by atoms with Crippen LogP contribution < -0.4 is 0 Å². The highest BCUT2D eigenvalue weighted by Crippen LogP contribution is 2.25. The van der Waals surface area contributed by atoms with Crippen molar-refractivity contribution in [1.29, 1.82) is 0 Å². The molecule has 0 bridgehead atoms. The molecular formula is C10H5BrINO. The number of carbonyl (C=O) groups excluding carboxylic acids is 1. The van der Waals surface area contributed by atoms with Gasteiger partial charge in [0.1, 0.15) is 5.69 Å². The van der Waals surface area contributed by atoms with Crippen LogP contribution in [0.15, 0.2) is 28.9 Å².